The number of esters is 1. The number of halogens is 3. The van der Waals surface area contributed by atoms with E-state index < -0.39 is 35.6 Å². The zero-order chi connectivity index (χ0) is 25.8. The molecular formula is C25H25F3N2O5. The van der Waals surface area contributed by atoms with Gasteiger partial charge in [-0.2, -0.15) is 13.2 Å². The number of rotatable bonds is 6. The summed E-state index contributed by atoms with van der Waals surface area (Å²) < 4.78 is 55.5. The first kappa shape index (κ1) is 25.8. The van der Waals surface area contributed by atoms with Gasteiger partial charge in [-0.25, -0.2) is 14.6 Å². The van der Waals surface area contributed by atoms with Gasteiger partial charge in [0.05, 0.1) is 7.11 Å². The first-order valence-corrected chi connectivity index (χ1v) is 10.7. The normalized spacial score (nSPS) is 12.7. The summed E-state index contributed by atoms with van der Waals surface area (Å²) in [7, 11) is 1.20. The highest BCUT2D eigenvalue weighted by molar-refractivity contribution is 5.87. The zero-order valence-electron chi connectivity index (χ0n) is 19.6. The van der Waals surface area contributed by atoms with Gasteiger partial charge in [0.1, 0.15) is 23.1 Å². The molecule has 1 aromatic heterocycles. The fourth-order valence-corrected chi connectivity index (χ4v) is 3.22. The fraction of sp³-hybridized carbons (Fsp3) is 0.320. The molecule has 35 heavy (non-hydrogen) atoms. The van der Waals surface area contributed by atoms with E-state index in [1.165, 1.54) is 19.2 Å². The Kier molecular flexibility index (Phi) is 7.52. The summed E-state index contributed by atoms with van der Waals surface area (Å²) in [5.41, 5.74) is -1.16. The molecule has 0 aliphatic rings. The summed E-state index contributed by atoms with van der Waals surface area (Å²) in [4.78, 5) is 27.9. The van der Waals surface area contributed by atoms with Crippen LogP contribution in [-0.4, -0.2) is 35.8 Å². The van der Waals surface area contributed by atoms with Crippen LogP contribution in [0.15, 0.2) is 54.6 Å². The molecule has 0 saturated carbocycles. The van der Waals surface area contributed by atoms with Crippen molar-refractivity contribution in [2.75, 3.05) is 7.11 Å². The minimum atomic E-state index is -4.63. The second kappa shape index (κ2) is 10.2. The second-order valence-corrected chi connectivity index (χ2v) is 8.70. The van der Waals surface area contributed by atoms with E-state index in [0.717, 1.165) is 6.07 Å². The molecule has 10 heteroatoms. The smallest absolute Gasteiger partial charge is 0.433 e. The maximum absolute atomic E-state index is 13.3. The molecule has 0 aliphatic heterocycles. The molecule has 1 amide bonds. The monoisotopic (exact) mass is 490 g/mol. The number of aromatic nitrogens is 1. The lowest BCUT2D eigenvalue weighted by Gasteiger charge is -2.22. The lowest BCUT2D eigenvalue weighted by atomic mass is 10.1. The highest BCUT2D eigenvalue weighted by atomic mass is 19.4. The Morgan fingerprint density at radius 3 is 2.29 bits per heavy atom. The molecular weight excluding hydrogens is 465 g/mol. The molecule has 0 spiro atoms. The summed E-state index contributed by atoms with van der Waals surface area (Å²) in [6.07, 6.45) is -5.30. The van der Waals surface area contributed by atoms with Gasteiger partial charge in [0.25, 0.3) is 0 Å². The molecule has 0 bridgehead atoms. The van der Waals surface area contributed by atoms with Crippen molar-refractivity contribution in [3.05, 3.63) is 65.9 Å². The van der Waals surface area contributed by atoms with Crippen LogP contribution in [0, 0.1) is 0 Å². The Morgan fingerprint density at radius 2 is 1.69 bits per heavy atom. The van der Waals surface area contributed by atoms with Crippen molar-refractivity contribution in [1.82, 2.24) is 10.3 Å². The quantitative estimate of drug-likeness (QED) is 0.449. The average Bonchev–Trinajstić information content (AvgIpc) is 2.77. The number of hydrogen-bond acceptors (Lipinski definition) is 6. The number of pyridine rings is 1. The van der Waals surface area contributed by atoms with E-state index >= 15 is 0 Å². The van der Waals surface area contributed by atoms with E-state index in [-0.39, 0.29) is 18.1 Å². The molecule has 1 heterocycles. The van der Waals surface area contributed by atoms with E-state index in [2.05, 4.69) is 10.3 Å². The van der Waals surface area contributed by atoms with Crippen LogP contribution in [0.1, 0.15) is 32.0 Å². The van der Waals surface area contributed by atoms with Gasteiger partial charge in [-0.15, -0.1) is 0 Å². The Labute approximate surface area is 200 Å². The molecule has 7 nitrogen and oxygen atoms in total. The third kappa shape index (κ3) is 7.08. The van der Waals surface area contributed by atoms with Gasteiger partial charge >= 0.3 is 18.2 Å². The number of carbonyl (C=O) groups excluding carboxylic acids is 2. The van der Waals surface area contributed by atoms with Crippen molar-refractivity contribution in [3.63, 3.8) is 0 Å². The molecule has 1 atom stereocenters. The molecule has 0 fully saturated rings. The first-order chi connectivity index (χ1) is 16.4. The minimum Gasteiger partial charge on any atom is -0.467 e. The highest BCUT2D eigenvalue weighted by Gasteiger charge is 2.33. The first-order valence-electron chi connectivity index (χ1n) is 10.7. The molecule has 3 rings (SSSR count). The number of fused-ring (bicyclic) bond motifs is 1. The predicted molar refractivity (Wildman–Crippen MR) is 122 cm³/mol. The molecule has 1 N–H and O–H groups in total. The van der Waals surface area contributed by atoms with Gasteiger partial charge in [-0.3, -0.25) is 0 Å². The van der Waals surface area contributed by atoms with Crippen LogP contribution in [0.3, 0.4) is 0 Å². The second-order valence-electron chi connectivity index (χ2n) is 8.70. The summed E-state index contributed by atoms with van der Waals surface area (Å²) in [5, 5.41) is 3.25. The van der Waals surface area contributed by atoms with Crippen LogP contribution in [-0.2, 0) is 26.9 Å². The molecule has 186 valence electrons. The van der Waals surface area contributed by atoms with Gasteiger partial charge in [0, 0.05) is 11.8 Å². The van der Waals surface area contributed by atoms with E-state index in [9.17, 15) is 22.8 Å². The Morgan fingerprint density at radius 1 is 1.03 bits per heavy atom. The Bertz CT molecular complexity index is 1200. The van der Waals surface area contributed by atoms with Crippen LogP contribution >= 0.6 is 0 Å². The standard InChI is InChI=1S/C25H25F3N2O5/c1-24(2,3)35-23(32)29-19(22(31)33-4)13-15-9-11-17(12-10-15)34-21-18-8-6-5-7-16(18)14-20(30-21)25(26,27)28/h5-12,14,19H,13H2,1-4H3,(H,29,32)/t19-/m0/s1. The van der Waals surface area contributed by atoms with Crippen LogP contribution in [0.4, 0.5) is 18.0 Å². The average molecular weight is 490 g/mol. The number of alkyl halides is 3. The third-order valence-electron chi connectivity index (χ3n) is 4.75. The lowest BCUT2D eigenvalue weighted by Crippen LogP contribution is -2.45. The maximum atomic E-state index is 13.3. The van der Waals surface area contributed by atoms with Gasteiger partial charge < -0.3 is 19.5 Å². The predicted octanol–water partition coefficient (Wildman–Crippen LogP) is 5.65. The van der Waals surface area contributed by atoms with Gasteiger partial charge in [0.2, 0.25) is 5.88 Å². The summed E-state index contributed by atoms with van der Waals surface area (Å²) in [6, 6.07) is 12.8. The molecule has 0 aliphatic carbocycles. The van der Waals surface area contributed by atoms with Crippen molar-refractivity contribution < 1.29 is 37.0 Å². The fourth-order valence-electron chi connectivity index (χ4n) is 3.22. The number of benzene rings is 2. The molecule has 3 aromatic rings. The number of nitrogens with zero attached hydrogens (tertiary/aromatic N) is 1. The van der Waals surface area contributed by atoms with Gasteiger partial charge in [0.15, 0.2) is 0 Å². The number of methoxy groups -OCH3 is 1. The number of hydrogen-bond donors (Lipinski definition) is 1. The molecule has 0 radical (unpaired) electrons. The lowest BCUT2D eigenvalue weighted by molar-refractivity contribution is -0.143. The van der Waals surface area contributed by atoms with Crippen molar-refractivity contribution in [3.8, 4) is 11.6 Å². The zero-order valence-corrected chi connectivity index (χ0v) is 19.6. The van der Waals surface area contributed by atoms with E-state index in [4.69, 9.17) is 14.2 Å². The van der Waals surface area contributed by atoms with Crippen molar-refractivity contribution in [1.29, 1.82) is 0 Å². The topological polar surface area (TPSA) is 86.8 Å². The molecule has 0 unspecified atom stereocenters. The number of ether oxygens (including phenoxy) is 3. The van der Waals surface area contributed by atoms with Crippen molar-refractivity contribution >= 4 is 22.8 Å². The van der Waals surface area contributed by atoms with Gasteiger partial charge in [-0.1, -0.05) is 30.3 Å². The molecule has 2 aromatic carbocycles. The van der Waals surface area contributed by atoms with Crippen LogP contribution < -0.4 is 10.1 Å². The largest absolute Gasteiger partial charge is 0.467 e. The Hall–Kier alpha value is -3.82. The Balaban J connectivity index is 1.79. The SMILES string of the molecule is COC(=O)[C@H](Cc1ccc(Oc2nc(C(F)(F)F)cc3ccccc23)cc1)NC(=O)OC(C)(C)C. The summed E-state index contributed by atoms with van der Waals surface area (Å²) in [6.45, 7) is 5.09. The van der Waals surface area contributed by atoms with E-state index in [1.807, 2.05) is 0 Å². The van der Waals surface area contributed by atoms with Gasteiger partial charge in [-0.05, 0) is 56.0 Å². The number of nitrogens with one attached hydrogen (secondary N) is 1. The number of carbonyl (C=O) groups is 2. The number of amides is 1. The van der Waals surface area contributed by atoms with Crippen molar-refractivity contribution in [2.24, 2.45) is 0 Å². The van der Waals surface area contributed by atoms with E-state index in [1.54, 1.807) is 57.2 Å². The van der Waals surface area contributed by atoms with Crippen LogP contribution in [0.25, 0.3) is 10.8 Å². The summed E-state index contributed by atoms with van der Waals surface area (Å²) in [5.74, 6) is -0.585. The minimum absolute atomic E-state index is 0.0942. The third-order valence-corrected chi connectivity index (χ3v) is 4.75. The molecule has 0 saturated heterocycles. The maximum Gasteiger partial charge on any atom is 0.433 e. The van der Waals surface area contributed by atoms with Crippen LogP contribution in [0.2, 0.25) is 0 Å². The van der Waals surface area contributed by atoms with Crippen LogP contribution in [0.5, 0.6) is 11.6 Å². The van der Waals surface area contributed by atoms with E-state index in [0.29, 0.717) is 16.3 Å². The number of alkyl carbamates (subject to hydrolysis) is 1. The highest BCUT2D eigenvalue weighted by Crippen LogP contribution is 2.35. The summed E-state index contributed by atoms with van der Waals surface area (Å²) >= 11 is 0. The van der Waals surface area contributed by atoms with Crippen molar-refractivity contribution in [2.45, 2.75) is 45.0 Å².